The average Bonchev–Trinajstić information content (AvgIpc) is 2.70. The smallest absolute Gasteiger partial charge is 0.238 e. The molecule has 0 unspecified atom stereocenters. The number of benzene rings is 2. The van der Waals surface area contributed by atoms with Crippen LogP contribution in [-0.2, 0) is 0 Å². The van der Waals surface area contributed by atoms with Gasteiger partial charge in [-0.15, -0.1) is 0 Å². The fraction of sp³-hybridized carbons (Fsp3) is 0.0909. The maximum absolute atomic E-state index is 13.2. The number of methoxy groups -OCH3 is 1. The zero-order valence-electron chi connectivity index (χ0n) is 15.2. The van der Waals surface area contributed by atoms with Crippen LogP contribution in [0.2, 0.25) is 0 Å². The monoisotopic (exact) mass is 376 g/mol. The van der Waals surface area contributed by atoms with Crippen molar-refractivity contribution in [2.24, 2.45) is 0 Å². The summed E-state index contributed by atoms with van der Waals surface area (Å²) in [6, 6.07) is 20.5. The van der Waals surface area contributed by atoms with Crippen LogP contribution in [-0.4, -0.2) is 12.1 Å². The second-order valence-corrected chi connectivity index (χ2v) is 6.42. The Morgan fingerprint density at radius 3 is 2.19 bits per heavy atom. The second kappa shape index (κ2) is 8.47. The molecule has 1 heterocycles. The lowest BCUT2D eigenvalue weighted by atomic mass is 10.1. The minimum Gasteiger partial charge on any atom is -0.867 e. The molecule has 0 spiro atoms. The maximum Gasteiger partial charge on any atom is 0.238 e. The molecule has 3 aromatic rings. The molecule has 0 radical (unpaired) electrons. The van der Waals surface area contributed by atoms with Crippen molar-refractivity contribution in [3.05, 3.63) is 90.3 Å². The largest absolute Gasteiger partial charge is 0.867 e. The van der Waals surface area contributed by atoms with Crippen molar-refractivity contribution in [1.82, 2.24) is 0 Å². The van der Waals surface area contributed by atoms with Gasteiger partial charge in [-0.2, -0.15) is 4.57 Å². The van der Waals surface area contributed by atoms with Crippen LogP contribution in [0, 0.1) is 6.92 Å². The number of ether oxygens (including phenoxy) is 1. The van der Waals surface area contributed by atoms with Gasteiger partial charge in [0.25, 0.3) is 0 Å². The summed E-state index contributed by atoms with van der Waals surface area (Å²) in [6.07, 6.45) is 3.62. The van der Waals surface area contributed by atoms with E-state index in [9.17, 15) is 5.11 Å². The summed E-state index contributed by atoms with van der Waals surface area (Å²) in [4.78, 5) is 0.349. The number of aromatic nitrogens is 1. The minimum absolute atomic E-state index is 0.141. The lowest BCUT2D eigenvalue weighted by Crippen LogP contribution is -2.39. The molecule has 4 nitrogen and oxygen atoms in total. The fourth-order valence-electron chi connectivity index (χ4n) is 2.59. The quantitative estimate of drug-likeness (QED) is 0.321. The SMILES string of the molecule is COc1ccc(NC(=S)/C(=C(/[O-])c2ccc(C)cc2)[n+]2ccccc2)cc1. The first-order valence-corrected chi connectivity index (χ1v) is 8.89. The van der Waals surface area contributed by atoms with Gasteiger partial charge in [0.15, 0.2) is 17.4 Å². The van der Waals surface area contributed by atoms with E-state index in [0.717, 1.165) is 17.0 Å². The molecule has 1 N–H and O–H groups in total. The van der Waals surface area contributed by atoms with Gasteiger partial charge in [-0.1, -0.05) is 48.1 Å². The van der Waals surface area contributed by atoms with Gasteiger partial charge in [0.05, 0.1) is 7.11 Å². The van der Waals surface area contributed by atoms with Gasteiger partial charge >= 0.3 is 0 Å². The number of nitrogens with one attached hydrogen (secondary N) is 1. The zero-order chi connectivity index (χ0) is 19.2. The van der Waals surface area contributed by atoms with Crippen molar-refractivity contribution in [3.63, 3.8) is 0 Å². The Hall–Kier alpha value is -3.18. The summed E-state index contributed by atoms with van der Waals surface area (Å²) >= 11 is 5.58. The highest BCUT2D eigenvalue weighted by molar-refractivity contribution is 7.81. The zero-order valence-corrected chi connectivity index (χ0v) is 16.0. The van der Waals surface area contributed by atoms with Crippen LogP contribution in [0.25, 0.3) is 11.5 Å². The molecule has 0 aliphatic carbocycles. The molecule has 0 aliphatic heterocycles. The first-order chi connectivity index (χ1) is 13.1. The topological polar surface area (TPSA) is 48.2 Å². The van der Waals surface area contributed by atoms with Crippen LogP contribution >= 0.6 is 12.2 Å². The highest BCUT2D eigenvalue weighted by Gasteiger charge is 2.18. The van der Waals surface area contributed by atoms with Crippen molar-refractivity contribution in [3.8, 4) is 5.75 Å². The summed E-state index contributed by atoms with van der Waals surface area (Å²) in [5, 5.41) is 16.3. The molecule has 3 rings (SSSR count). The molecular weight excluding hydrogens is 356 g/mol. The van der Waals surface area contributed by atoms with Crippen molar-refractivity contribution in [1.29, 1.82) is 0 Å². The van der Waals surface area contributed by atoms with Crippen molar-refractivity contribution >= 4 is 34.3 Å². The lowest BCUT2D eigenvalue weighted by Gasteiger charge is -2.17. The summed E-state index contributed by atoms with van der Waals surface area (Å²) in [6.45, 7) is 1.99. The molecule has 136 valence electrons. The third-order valence-corrected chi connectivity index (χ3v) is 4.36. The molecule has 0 atom stereocenters. The highest BCUT2D eigenvalue weighted by Crippen LogP contribution is 2.19. The third kappa shape index (κ3) is 4.51. The molecule has 0 amide bonds. The Kier molecular flexibility index (Phi) is 5.84. The normalized spacial score (nSPS) is 11.5. The molecule has 2 aromatic carbocycles. The predicted octanol–water partition coefficient (Wildman–Crippen LogP) is 3.42. The number of thiocarbonyl (C=S) groups is 1. The van der Waals surface area contributed by atoms with Crippen molar-refractivity contribution in [2.75, 3.05) is 12.4 Å². The summed E-state index contributed by atoms with van der Waals surface area (Å²) in [5.74, 6) is 0.612. The van der Waals surface area contributed by atoms with Gasteiger partial charge in [0, 0.05) is 17.8 Å². The molecule has 5 heteroatoms. The summed E-state index contributed by atoms with van der Waals surface area (Å²) in [5.41, 5.74) is 2.86. The second-order valence-electron chi connectivity index (χ2n) is 6.01. The number of hydrogen-bond acceptors (Lipinski definition) is 3. The number of nitrogens with zero attached hydrogens (tertiary/aromatic N) is 1. The van der Waals surface area contributed by atoms with Gasteiger partial charge in [-0.3, -0.25) is 0 Å². The maximum atomic E-state index is 13.2. The standard InChI is InChI=1S/C22H20N2O2S/c1-16-6-8-17(9-7-16)21(25)20(24-14-4-3-5-15-24)22(27)23-18-10-12-19(26-2)13-11-18/h3-15H,1-2H3,(H-,23,25,27). The predicted molar refractivity (Wildman–Crippen MR) is 110 cm³/mol. The number of hydrogen-bond donors (Lipinski definition) is 1. The number of rotatable bonds is 5. The van der Waals surface area contributed by atoms with E-state index in [1.807, 2.05) is 86.0 Å². The van der Waals surface area contributed by atoms with E-state index >= 15 is 0 Å². The Morgan fingerprint density at radius 1 is 0.963 bits per heavy atom. The summed E-state index contributed by atoms with van der Waals surface area (Å²) in [7, 11) is 1.62. The highest BCUT2D eigenvalue weighted by atomic mass is 32.1. The van der Waals surface area contributed by atoms with Gasteiger partial charge in [0.2, 0.25) is 5.70 Å². The van der Waals surface area contributed by atoms with Crippen LogP contribution in [0.4, 0.5) is 5.69 Å². The van der Waals surface area contributed by atoms with Crippen LogP contribution in [0.1, 0.15) is 11.1 Å². The van der Waals surface area contributed by atoms with Gasteiger partial charge in [0.1, 0.15) is 5.75 Å². The first kappa shape index (κ1) is 18.6. The number of pyridine rings is 1. The lowest BCUT2D eigenvalue weighted by molar-refractivity contribution is -0.577. The van der Waals surface area contributed by atoms with Gasteiger partial charge < -0.3 is 15.2 Å². The first-order valence-electron chi connectivity index (χ1n) is 8.49. The van der Waals surface area contributed by atoms with E-state index in [1.54, 1.807) is 11.7 Å². The van der Waals surface area contributed by atoms with Crippen LogP contribution < -0.4 is 19.7 Å². The third-order valence-electron chi connectivity index (χ3n) is 4.07. The molecule has 0 bridgehead atoms. The van der Waals surface area contributed by atoms with E-state index in [4.69, 9.17) is 17.0 Å². The molecule has 1 aromatic heterocycles. The molecule has 0 fully saturated rings. The average molecular weight is 376 g/mol. The van der Waals surface area contributed by atoms with Crippen LogP contribution in [0.3, 0.4) is 0 Å². The van der Waals surface area contributed by atoms with E-state index in [-0.39, 0.29) is 5.76 Å². The number of anilines is 1. The van der Waals surface area contributed by atoms with Crippen LogP contribution in [0.5, 0.6) is 5.75 Å². The molecule has 27 heavy (non-hydrogen) atoms. The molecule has 0 aliphatic rings. The van der Waals surface area contributed by atoms with Gasteiger partial charge in [-0.05, 0) is 42.5 Å². The fourth-order valence-corrected chi connectivity index (χ4v) is 2.91. The Labute approximate surface area is 164 Å². The van der Waals surface area contributed by atoms with E-state index in [0.29, 0.717) is 16.2 Å². The molecule has 0 saturated carbocycles. The molecular formula is C22H20N2O2S. The Balaban J connectivity index is 2.00. The van der Waals surface area contributed by atoms with E-state index in [1.165, 1.54) is 0 Å². The Bertz CT molecular complexity index is 950. The van der Waals surface area contributed by atoms with Gasteiger partial charge in [-0.25, -0.2) is 0 Å². The minimum atomic E-state index is -0.141. The number of aryl methyl sites for hydroxylation is 1. The van der Waals surface area contributed by atoms with Crippen molar-refractivity contribution in [2.45, 2.75) is 6.92 Å². The molecule has 0 saturated heterocycles. The van der Waals surface area contributed by atoms with E-state index < -0.39 is 0 Å². The van der Waals surface area contributed by atoms with Crippen molar-refractivity contribution < 1.29 is 14.4 Å². The van der Waals surface area contributed by atoms with E-state index in [2.05, 4.69) is 5.32 Å². The van der Waals surface area contributed by atoms with Crippen LogP contribution in [0.15, 0.2) is 79.1 Å². The summed E-state index contributed by atoms with van der Waals surface area (Å²) < 4.78 is 6.91. The Morgan fingerprint density at radius 2 is 1.59 bits per heavy atom.